The first-order chi connectivity index (χ1) is 14.7. The molecule has 5 rings (SSSR count). The maximum atomic E-state index is 13.4. The molecule has 170 valence electrons. The summed E-state index contributed by atoms with van der Waals surface area (Å²) < 4.78 is 49.1. The van der Waals surface area contributed by atoms with Gasteiger partial charge in [0.1, 0.15) is 18.2 Å². The average molecular weight is 461 g/mol. The van der Waals surface area contributed by atoms with Gasteiger partial charge in [0.25, 0.3) is 5.91 Å². The van der Waals surface area contributed by atoms with E-state index in [2.05, 4.69) is 10.6 Å². The molecule has 4 aliphatic carbocycles. The van der Waals surface area contributed by atoms with Crippen LogP contribution in [0.3, 0.4) is 0 Å². The number of amides is 2. The molecule has 2 amide bonds. The highest BCUT2D eigenvalue weighted by Crippen LogP contribution is 2.52. The van der Waals surface area contributed by atoms with Crippen LogP contribution in [-0.2, 0) is 14.3 Å². The first-order valence-electron chi connectivity index (χ1n) is 10.3. The van der Waals surface area contributed by atoms with Gasteiger partial charge in [-0.05, 0) is 50.2 Å². The number of hydrogen-bond acceptors (Lipinski definition) is 4. The molecule has 1 aromatic carbocycles. The number of carbonyl (C=O) groups is 2. The lowest BCUT2D eigenvalue weighted by molar-refractivity contribution is -0.136. The molecule has 2 N–H and O–H groups in total. The zero-order valence-corrected chi connectivity index (χ0v) is 17.5. The zero-order chi connectivity index (χ0) is 22.2. The summed E-state index contributed by atoms with van der Waals surface area (Å²) in [4.78, 5) is 24.4. The lowest BCUT2D eigenvalue weighted by atomic mass is 9.76. The summed E-state index contributed by atoms with van der Waals surface area (Å²) in [5.41, 5.74) is -0.353. The fourth-order valence-electron chi connectivity index (χ4n) is 4.74. The normalized spacial score (nSPS) is 31.0. The van der Waals surface area contributed by atoms with E-state index in [0.717, 1.165) is 18.9 Å². The summed E-state index contributed by atoms with van der Waals surface area (Å²) in [6.07, 6.45) is 0.118. The third kappa shape index (κ3) is 5.09. The molecule has 0 heterocycles. The second-order valence-corrected chi connectivity index (χ2v) is 9.15. The van der Waals surface area contributed by atoms with E-state index in [9.17, 15) is 22.8 Å². The molecule has 10 heteroatoms. The van der Waals surface area contributed by atoms with Crippen LogP contribution in [0, 0.1) is 17.7 Å². The molecule has 1 aromatic rings. The van der Waals surface area contributed by atoms with E-state index in [1.54, 1.807) is 0 Å². The van der Waals surface area contributed by atoms with Crippen LogP contribution in [-0.4, -0.2) is 49.1 Å². The van der Waals surface area contributed by atoms with Crippen LogP contribution in [0.25, 0.3) is 0 Å². The summed E-state index contributed by atoms with van der Waals surface area (Å²) in [6.45, 7) is -0.395. The summed E-state index contributed by atoms with van der Waals surface area (Å²) in [5.74, 6) is -1.35. The Morgan fingerprint density at radius 2 is 1.90 bits per heavy atom. The Kier molecular flexibility index (Phi) is 6.35. The van der Waals surface area contributed by atoms with Crippen molar-refractivity contribution in [3.8, 4) is 5.75 Å². The average Bonchev–Trinajstić information content (AvgIpc) is 3.14. The van der Waals surface area contributed by atoms with Crippen molar-refractivity contribution in [1.29, 1.82) is 0 Å². The molecule has 0 spiro atoms. The van der Waals surface area contributed by atoms with Crippen LogP contribution in [0.1, 0.15) is 32.1 Å². The van der Waals surface area contributed by atoms with Crippen LogP contribution in [0.2, 0.25) is 5.02 Å². The van der Waals surface area contributed by atoms with Crippen molar-refractivity contribution in [2.45, 2.75) is 56.2 Å². The number of hydrogen-bond donors (Lipinski definition) is 2. The summed E-state index contributed by atoms with van der Waals surface area (Å²) in [6, 6.07) is 3.88. The molecule has 0 aliphatic heterocycles. The molecule has 1 unspecified atom stereocenters. The van der Waals surface area contributed by atoms with Crippen molar-refractivity contribution in [3.63, 3.8) is 0 Å². The van der Waals surface area contributed by atoms with Crippen LogP contribution >= 0.6 is 11.6 Å². The third-order valence-corrected chi connectivity index (χ3v) is 6.74. The second-order valence-electron chi connectivity index (χ2n) is 8.74. The van der Waals surface area contributed by atoms with Crippen molar-refractivity contribution in [1.82, 2.24) is 10.6 Å². The number of rotatable bonds is 9. The predicted octanol–water partition coefficient (Wildman–Crippen LogP) is 3.07. The van der Waals surface area contributed by atoms with Crippen LogP contribution in [0.15, 0.2) is 18.2 Å². The molecular formula is C21H24ClF3N2O4. The number of fused-ring (bicyclic) bond motifs is 1. The van der Waals surface area contributed by atoms with E-state index in [-0.39, 0.29) is 72.2 Å². The minimum atomic E-state index is -2.33. The molecule has 4 saturated carbocycles. The monoisotopic (exact) mass is 460 g/mol. The standard InChI is InChI=1S/C21H24ClF3N2O4/c22-15-2-1-13(5-16(15)23)30-9-18(28)26-17-8-21(6-12(17)7-21)27-19(29)10-31-14-3-11(4-14)20(24)25/h1-2,5,11-12,14,17,20H,3-4,6-10H2,(H,26,28)(H,27,29). The highest BCUT2D eigenvalue weighted by Gasteiger charge is 2.57. The van der Waals surface area contributed by atoms with Crippen molar-refractivity contribution >= 4 is 23.4 Å². The van der Waals surface area contributed by atoms with E-state index in [4.69, 9.17) is 21.1 Å². The maximum Gasteiger partial charge on any atom is 0.258 e. The lowest BCUT2D eigenvalue weighted by Gasteiger charge is -2.39. The van der Waals surface area contributed by atoms with Gasteiger partial charge >= 0.3 is 0 Å². The first-order valence-corrected chi connectivity index (χ1v) is 10.7. The van der Waals surface area contributed by atoms with Crippen LogP contribution in [0.4, 0.5) is 13.2 Å². The molecule has 31 heavy (non-hydrogen) atoms. The summed E-state index contributed by atoms with van der Waals surface area (Å²) >= 11 is 5.61. The van der Waals surface area contributed by atoms with Crippen LogP contribution in [0.5, 0.6) is 5.75 Å². The molecule has 1 atom stereocenters. The topological polar surface area (TPSA) is 76.7 Å². The van der Waals surface area contributed by atoms with Gasteiger partial charge in [-0.1, -0.05) is 11.6 Å². The van der Waals surface area contributed by atoms with Gasteiger partial charge in [-0.2, -0.15) is 0 Å². The van der Waals surface area contributed by atoms with E-state index in [0.29, 0.717) is 6.42 Å². The SMILES string of the molecule is O=C(COc1ccc(Cl)c(F)c1)NC1CC2(NC(=O)COC3CC(C(F)F)C3)CC1C2. The molecule has 4 fully saturated rings. The third-order valence-electron chi connectivity index (χ3n) is 6.44. The Morgan fingerprint density at radius 3 is 2.58 bits per heavy atom. The molecule has 0 saturated heterocycles. The van der Waals surface area contributed by atoms with E-state index in [1.165, 1.54) is 12.1 Å². The van der Waals surface area contributed by atoms with Crippen molar-refractivity contribution < 1.29 is 32.2 Å². The predicted molar refractivity (Wildman–Crippen MR) is 106 cm³/mol. The fourth-order valence-corrected chi connectivity index (χ4v) is 4.86. The van der Waals surface area contributed by atoms with Gasteiger partial charge in [0, 0.05) is 23.6 Å². The number of carbonyl (C=O) groups excluding carboxylic acids is 2. The molecule has 0 aromatic heterocycles. The van der Waals surface area contributed by atoms with E-state index < -0.39 is 18.2 Å². The summed E-state index contributed by atoms with van der Waals surface area (Å²) in [7, 11) is 0. The molecule has 4 aliphatic rings. The number of halogens is 4. The lowest BCUT2D eigenvalue weighted by Crippen LogP contribution is -2.53. The largest absolute Gasteiger partial charge is 0.484 e. The highest BCUT2D eigenvalue weighted by atomic mass is 35.5. The maximum absolute atomic E-state index is 13.4. The number of ether oxygens (including phenoxy) is 2. The molecular weight excluding hydrogens is 437 g/mol. The smallest absolute Gasteiger partial charge is 0.258 e. The fraction of sp³-hybridized carbons (Fsp3) is 0.619. The second kappa shape index (κ2) is 8.86. The van der Waals surface area contributed by atoms with Crippen molar-refractivity contribution in [2.24, 2.45) is 11.8 Å². The number of nitrogens with one attached hydrogen (secondary N) is 2. The Morgan fingerprint density at radius 1 is 1.16 bits per heavy atom. The Bertz CT molecular complexity index is 844. The minimum Gasteiger partial charge on any atom is -0.484 e. The minimum absolute atomic E-state index is 0.0229. The van der Waals surface area contributed by atoms with Gasteiger partial charge in [-0.15, -0.1) is 0 Å². The van der Waals surface area contributed by atoms with Gasteiger partial charge in [0.05, 0.1) is 11.1 Å². The first kappa shape index (κ1) is 22.2. The van der Waals surface area contributed by atoms with Gasteiger partial charge in [0.15, 0.2) is 6.61 Å². The molecule has 6 nitrogen and oxygen atoms in total. The Balaban J connectivity index is 1.15. The molecule has 0 radical (unpaired) electrons. The zero-order valence-electron chi connectivity index (χ0n) is 16.7. The highest BCUT2D eigenvalue weighted by molar-refractivity contribution is 6.30. The quantitative estimate of drug-likeness (QED) is 0.594. The van der Waals surface area contributed by atoms with E-state index in [1.807, 2.05) is 0 Å². The van der Waals surface area contributed by atoms with Crippen molar-refractivity contribution in [3.05, 3.63) is 29.0 Å². The Labute approximate surface area is 182 Å². The molecule has 2 bridgehead atoms. The van der Waals surface area contributed by atoms with Gasteiger partial charge in [-0.25, -0.2) is 13.2 Å². The van der Waals surface area contributed by atoms with Gasteiger partial charge in [0.2, 0.25) is 12.3 Å². The summed E-state index contributed by atoms with van der Waals surface area (Å²) in [5, 5.41) is 5.87. The number of alkyl halides is 2. The van der Waals surface area contributed by atoms with Crippen LogP contribution < -0.4 is 15.4 Å². The Hall–Kier alpha value is -2.00. The van der Waals surface area contributed by atoms with Gasteiger partial charge < -0.3 is 20.1 Å². The van der Waals surface area contributed by atoms with Crippen molar-refractivity contribution in [2.75, 3.05) is 13.2 Å². The van der Waals surface area contributed by atoms with E-state index >= 15 is 0 Å². The number of benzene rings is 1. The van der Waals surface area contributed by atoms with Gasteiger partial charge in [-0.3, -0.25) is 9.59 Å².